The first-order chi connectivity index (χ1) is 60.3. The molecule has 0 amide bonds. The minimum atomic E-state index is -0.172. The summed E-state index contributed by atoms with van der Waals surface area (Å²) in [7, 11) is 0. The molecule has 0 aromatic heterocycles. The highest BCUT2D eigenvalue weighted by atomic mass is 16.6. The molecule has 0 aliphatic heterocycles. The lowest BCUT2D eigenvalue weighted by Gasteiger charge is -2.62. The maximum Gasteiger partial charge on any atom is 0.310 e. The zero-order valence-corrected chi connectivity index (χ0v) is 85.7. The van der Waals surface area contributed by atoms with Gasteiger partial charge in [-0.2, -0.15) is 0 Å². The average molecular weight is 1770 g/mol. The van der Waals surface area contributed by atoms with E-state index in [2.05, 4.69) is 184 Å². The quantitative estimate of drug-likeness (QED) is 0.0213. The van der Waals surface area contributed by atoms with Crippen LogP contribution in [0, 0.1) is 118 Å². The molecule has 0 heterocycles. The molecule has 6 fully saturated rings. The lowest BCUT2D eigenvalue weighted by molar-refractivity contribution is -0.170. The van der Waals surface area contributed by atoms with Gasteiger partial charge in [0.25, 0.3) is 0 Å². The highest BCUT2D eigenvalue weighted by Gasteiger charge is 2.68. The Labute approximate surface area is 783 Å². The summed E-state index contributed by atoms with van der Waals surface area (Å²) in [5, 5.41) is 0. The van der Waals surface area contributed by atoms with Crippen LogP contribution in [0.15, 0.2) is 123 Å². The van der Waals surface area contributed by atoms with Crippen LogP contribution in [0.1, 0.15) is 395 Å². The minimum absolute atomic E-state index is 0.0137. The van der Waals surface area contributed by atoms with Gasteiger partial charge in [-0.05, 0) is 427 Å². The molecule has 12 nitrogen and oxygen atoms in total. The summed E-state index contributed by atoms with van der Waals surface area (Å²) < 4.78 is 18.9. The zero-order valence-electron chi connectivity index (χ0n) is 85.7. The maximum absolute atomic E-state index is 13.1. The number of rotatable bonds is 24. The van der Waals surface area contributed by atoms with Gasteiger partial charge in [0.15, 0.2) is 0 Å². The van der Waals surface area contributed by atoms with Gasteiger partial charge in [-0.15, -0.1) is 0 Å². The molecule has 21 atom stereocenters. The van der Waals surface area contributed by atoms with Crippen LogP contribution >= 0.6 is 0 Å². The van der Waals surface area contributed by atoms with Crippen molar-refractivity contribution < 1.29 is 28.6 Å². The average Bonchev–Trinajstić information content (AvgIpc) is 1.65. The number of benzene rings is 3. The second-order valence-electron chi connectivity index (χ2n) is 49.7. The van der Waals surface area contributed by atoms with Crippen LogP contribution in [-0.4, -0.2) is 36.2 Å². The molecule has 15 rings (SSSR count). The Bertz CT molecular complexity index is 4740. The number of nitrogen functional groups attached to an aromatic ring is 6. The highest BCUT2D eigenvalue weighted by Crippen LogP contribution is 2.77. The van der Waals surface area contributed by atoms with E-state index in [0.29, 0.717) is 104 Å². The number of hydrogen-bond donors (Lipinski definition) is 6. The van der Waals surface area contributed by atoms with E-state index in [0.717, 1.165) is 104 Å². The molecular weight excluding hydrogens is 1590 g/mol. The Kier molecular flexibility index (Phi) is 29.3. The molecule has 129 heavy (non-hydrogen) atoms. The van der Waals surface area contributed by atoms with Crippen LogP contribution in [0.25, 0.3) is 0 Å². The predicted molar refractivity (Wildman–Crippen MR) is 541 cm³/mol. The molecule has 0 saturated heterocycles. The fourth-order valence-corrected chi connectivity index (χ4v) is 33.1. The van der Waals surface area contributed by atoms with Crippen molar-refractivity contribution >= 4 is 52.0 Å². The molecule has 714 valence electrons. The molecule has 21 unspecified atom stereocenters. The Balaban J connectivity index is 0.000000165. The maximum atomic E-state index is 13.1. The standard InChI is InChI=1S/C40H62N2O2.C39H60N2O2.C38H58N2O2/c1-26(2)11-9-12-27(3)31-17-21-40(8)33-15-16-34-37(4,5)35(19-20-38(34,6)32(33)18-22-39(31,40)7)44-36(43)14-10-13-28-23-29(41)25-30(42)24-28;1-25(2)10-9-11-26(3)30-16-20-39(8)32-13-14-33-36(4,5)34(18-19-37(33,6)31(32)17-21-38(30,39)7)43-35(42)15-12-27-22-28(40)24-29(41)23-27;1-24(2)10-9-11-25(3)29-14-18-38(8)31-12-13-32-35(4,5)33(16-17-36(32,6)30(31)15-19-37(29,38)7)42-34(41)22-26-20-27(39)23-28(40)21-26/h11,23-25,27,31,34-35H,9-10,12-22,41-42H2,1-8H3;10,22-24,26,30,33-34H,9,11-21,40-41H2,1-8H3;10,20-21,23,25,29,32-33H,9,11-19,22,39-40H2,1-8H3. The predicted octanol–water partition coefficient (Wildman–Crippen LogP) is 29.5. The van der Waals surface area contributed by atoms with Crippen LogP contribution in [0.5, 0.6) is 0 Å². The second-order valence-corrected chi connectivity index (χ2v) is 49.7. The summed E-state index contributed by atoms with van der Waals surface area (Å²) >= 11 is 0. The van der Waals surface area contributed by atoms with Crippen molar-refractivity contribution in [1.29, 1.82) is 0 Å². The third kappa shape index (κ3) is 18.9. The number of carbonyl (C=O) groups is 3. The summed E-state index contributed by atoms with van der Waals surface area (Å²) in [5.41, 5.74) is 60.3. The van der Waals surface area contributed by atoms with Crippen LogP contribution in [0.4, 0.5) is 34.1 Å². The molecule has 12 heteroatoms. The fourth-order valence-electron chi connectivity index (χ4n) is 33.1. The van der Waals surface area contributed by atoms with Crippen molar-refractivity contribution in [3.63, 3.8) is 0 Å². The van der Waals surface area contributed by atoms with Crippen molar-refractivity contribution in [3.8, 4) is 0 Å². The number of allylic oxidation sites excluding steroid dienone is 12. The summed E-state index contributed by atoms with van der Waals surface area (Å²) in [6, 6.07) is 16.6. The molecule has 3 aromatic carbocycles. The number of hydrogen-bond acceptors (Lipinski definition) is 12. The molecule has 12 N–H and O–H groups in total. The molecule has 0 radical (unpaired) electrons. The summed E-state index contributed by atoms with van der Waals surface area (Å²) in [4.78, 5) is 39.3. The number of carbonyl (C=O) groups excluding carboxylic acids is 3. The van der Waals surface area contributed by atoms with E-state index < -0.39 is 0 Å². The SMILES string of the molecule is CC(C)=CCCC(C)C1CCC2(C)C3=C(CCC12C)C1(C)CCC(OC(=O)CCCc2cc(N)cc(N)c2)C(C)(C)C1CC3.CC(C)=CCCC(C)C1CCC2(C)C3=C(CCC12C)C1(C)CCC(OC(=O)CCc2cc(N)cc(N)c2)C(C)(C)C1CC3.CC(C)=CCCC(C)C1CCC2(C)C3=C(CCC12C)C1(C)CCC(OC(=O)Cc2cc(N)cc(N)c2)C(C)(C)C1CC3. The van der Waals surface area contributed by atoms with Crippen molar-refractivity contribution in [2.24, 2.45) is 118 Å². The number of esters is 3. The van der Waals surface area contributed by atoms with Gasteiger partial charge in [0.05, 0.1) is 6.42 Å². The van der Waals surface area contributed by atoms with Gasteiger partial charge in [-0.1, -0.05) is 193 Å². The number of aryl methyl sites for hydroxylation is 2. The molecule has 12 aliphatic carbocycles. The molecule has 3 aromatic rings. The Morgan fingerprint density at radius 1 is 0.333 bits per heavy atom. The van der Waals surface area contributed by atoms with Gasteiger partial charge in [0.2, 0.25) is 0 Å². The van der Waals surface area contributed by atoms with Crippen molar-refractivity contribution in [2.45, 2.75) is 416 Å². The first-order valence-electron chi connectivity index (χ1n) is 52.0. The van der Waals surface area contributed by atoms with Gasteiger partial charge < -0.3 is 48.6 Å². The van der Waals surface area contributed by atoms with E-state index >= 15 is 0 Å². The molecule has 0 spiro atoms. The summed E-state index contributed by atoms with van der Waals surface area (Å²) in [5.74, 6) is 6.04. The lowest BCUT2D eigenvalue weighted by atomic mass is 9.43. The first-order valence-corrected chi connectivity index (χ1v) is 52.0. The summed E-state index contributed by atoms with van der Waals surface area (Å²) in [6.07, 6.45) is 47.4. The van der Waals surface area contributed by atoms with E-state index in [1.165, 1.54) is 171 Å². The molecule has 0 bridgehead atoms. The van der Waals surface area contributed by atoms with Gasteiger partial charge in [-0.25, -0.2) is 0 Å². The fraction of sp³-hybridized carbons (Fsp3) is 0.718. The Morgan fingerprint density at radius 2 is 0.612 bits per heavy atom. The first kappa shape index (κ1) is 99.8. The Morgan fingerprint density at radius 3 is 0.915 bits per heavy atom. The number of anilines is 6. The van der Waals surface area contributed by atoms with Crippen LogP contribution in [0.2, 0.25) is 0 Å². The van der Waals surface area contributed by atoms with Crippen LogP contribution < -0.4 is 34.4 Å². The van der Waals surface area contributed by atoms with E-state index in [9.17, 15) is 14.4 Å². The third-order valence-electron chi connectivity index (χ3n) is 40.6. The van der Waals surface area contributed by atoms with E-state index in [4.69, 9.17) is 48.6 Å². The van der Waals surface area contributed by atoms with Gasteiger partial charge in [0.1, 0.15) is 18.3 Å². The van der Waals surface area contributed by atoms with Gasteiger partial charge >= 0.3 is 17.9 Å². The van der Waals surface area contributed by atoms with Crippen LogP contribution in [0.3, 0.4) is 0 Å². The third-order valence-corrected chi connectivity index (χ3v) is 40.6. The number of nitrogens with two attached hydrogens (primary N) is 6. The van der Waals surface area contributed by atoms with Crippen molar-refractivity contribution in [2.75, 3.05) is 34.4 Å². The van der Waals surface area contributed by atoms with Crippen molar-refractivity contribution in [3.05, 3.63) is 140 Å². The normalized spacial score (nSPS) is 35.4. The van der Waals surface area contributed by atoms with Gasteiger partial charge in [-0.3, -0.25) is 14.4 Å². The smallest absolute Gasteiger partial charge is 0.310 e. The number of ether oxygens (including phenoxy) is 3. The van der Waals surface area contributed by atoms with Crippen LogP contribution in [-0.2, 0) is 47.9 Å². The van der Waals surface area contributed by atoms with E-state index in [-0.39, 0.29) is 75.1 Å². The topological polar surface area (TPSA) is 235 Å². The molecule has 6 saturated carbocycles. The Hall–Kier alpha value is -6.69. The second kappa shape index (κ2) is 37.9. The molecular formula is C117H180N6O6. The van der Waals surface area contributed by atoms with Crippen molar-refractivity contribution in [1.82, 2.24) is 0 Å². The summed E-state index contributed by atoms with van der Waals surface area (Å²) in [6.45, 7) is 58.9. The largest absolute Gasteiger partial charge is 0.462 e. The number of fused-ring (bicyclic) bond motifs is 12. The van der Waals surface area contributed by atoms with E-state index in [1.54, 1.807) is 29.3 Å². The highest BCUT2D eigenvalue weighted by molar-refractivity contribution is 5.74. The zero-order chi connectivity index (χ0) is 94.1. The monoisotopic (exact) mass is 1770 g/mol. The lowest BCUT2D eigenvalue weighted by Crippen LogP contribution is -2.56. The molecule has 12 aliphatic rings. The van der Waals surface area contributed by atoms with E-state index in [1.807, 2.05) is 58.7 Å². The minimum Gasteiger partial charge on any atom is -0.462 e. The van der Waals surface area contributed by atoms with Gasteiger partial charge in [0, 0.05) is 63.2 Å².